The van der Waals surface area contributed by atoms with Crippen molar-refractivity contribution >= 4 is 17.5 Å². The van der Waals surface area contributed by atoms with E-state index in [4.69, 9.17) is 14.7 Å². The minimum absolute atomic E-state index is 0.207. The first-order valence-corrected chi connectivity index (χ1v) is 7.13. The number of benzene rings is 2. The number of nitro benzene ring substituents is 1. The fraction of sp³-hybridized carbons (Fsp3) is 0.111. The molecule has 7 heteroatoms. The Morgan fingerprint density at radius 1 is 1.16 bits per heavy atom. The third kappa shape index (κ3) is 4.00. The summed E-state index contributed by atoms with van der Waals surface area (Å²) in [5, 5.41) is 20.0. The van der Waals surface area contributed by atoms with E-state index in [1.54, 1.807) is 0 Å². The standard InChI is InChI=1S/C18H14N2O5/c1-24-17-9-14(15(20(22)23)10-18(17)25-2)7-8-16(21)13-5-3-12(11-19)4-6-13/h3-10H,1-2H3. The van der Waals surface area contributed by atoms with E-state index in [1.807, 2.05) is 6.07 Å². The average molecular weight is 338 g/mol. The first-order valence-electron chi connectivity index (χ1n) is 7.13. The maximum Gasteiger partial charge on any atom is 0.280 e. The van der Waals surface area contributed by atoms with Crippen LogP contribution in [-0.4, -0.2) is 24.9 Å². The molecule has 0 atom stereocenters. The minimum atomic E-state index is -0.562. The van der Waals surface area contributed by atoms with Gasteiger partial charge in [-0.15, -0.1) is 0 Å². The Morgan fingerprint density at radius 2 is 1.76 bits per heavy atom. The molecule has 0 saturated carbocycles. The molecule has 0 spiro atoms. The number of ether oxygens (including phenoxy) is 2. The second kappa shape index (κ2) is 7.75. The van der Waals surface area contributed by atoms with Gasteiger partial charge in [0.05, 0.1) is 42.4 Å². The first kappa shape index (κ1) is 17.7. The van der Waals surface area contributed by atoms with Crippen LogP contribution in [0.3, 0.4) is 0 Å². The van der Waals surface area contributed by atoms with Gasteiger partial charge < -0.3 is 9.47 Å². The van der Waals surface area contributed by atoms with E-state index in [0.717, 1.165) is 0 Å². The van der Waals surface area contributed by atoms with Gasteiger partial charge in [-0.1, -0.05) is 0 Å². The Labute approximate surface area is 143 Å². The van der Waals surface area contributed by atoms with E-state index in [2.05, 4.69) is 0 Å². The SMILES string of the molecule is COc1cc(C=CC(=O)c2ccc(C#N)cc2)c([N+](=O)[O-])cc1OC. The molecule has 0 aliphatic heterocycles. The highest BCUT2D eigenvalue weighted by atomic mass is 16.6. The van der Waals surface area contributed by atoms with E-state index in [0.29, 0.717) is 16.9 Å². The summed E-state index contributed by atoms with van der Waals surface area (Å²) in [4.78, 5) is 22.9. The fourth-order valence-corrected chi connectivity index (χ4v) is 2.15. The Kier molecular flexibility index (Phi) is 5.48. The highest BCUT2D eigenvalue weighted by Gasteiger charge is 2.18. The summed E-state index contributed by atoms with van der Waals surface area (Å²) >= 11 is 0. The number of carbonyl (C=O) groups excluding carboxylic acids is 1. The van der Waals surface area contributed by atoms with Gasteiger partial charge in [-0.2, -0.15) is 5.26 Å². The number of rotatable bonds is 6. The quantitative estimate of drug-likeness (QED) is 0.346. The zero-order chi connectivity index (χ0) is 18.4. The number of hydrogen-bond acceptors (Lipinski definition) is 6. The van der Waals surface area contributed by atoms with E-state index < -0.39 is 4.92 Å². The molecule has 0 fully saturated rings. The monoisotopic (exact) mass is 338 g/mol. The third-order valence-corrected chi connectivity index (χ3v) is 3.44. The van der Waals surface area contributed by atoms with Gasteiger partial charge in [0.25, 0.3) is 5.69 Å². The zero-order valence-corrected chi connectivity index (χ0v) is 13.6. The van der Waals surface area contributed by atoms with Gasteiger partial charge in [-0.05, 0) is 42.5 Å². The lowest BCUT2D eigenvalue weighted by Crippen LogP contribution is -1.98. The maximum atomic E-state index is 12.2. The lowest BCUT2D eigenvalue weighted by molar-refractivity contribution is -0.385. The van der Waals surface area contributed by atoms with Crippen LogP contribution < -0.4 is 9.47 Å². The molecule has 0 radical (unpaired) electrons. The number of ketones is 1. The summed E-state index contributed by atoms with van der Waals surface area (Å²) in [5.41, 5.74) is 0.820. The predicted molar refractivity (Wildman–Crippen MR) is 90.7 cm³/mol. The Balaban J connectivity index is 2.37. The van der Waals surface area contributed by atoms with E-state index >= 15 is 0 Å². The molecular formula is C18H14N2O5. The Hall–Kier alpha value is -3.66. The lowest BCUT2D eigenvalue weighted by Gasteiger charge is -2.08. The number of nitrogens with zero attached hydrogens (tertiary/aromatic N) is 2. The molecule has 0 N–H and O–H groups in total. The number of hydrogen-bond donors (Lipinski definition) is 0. The van der Waals surface area contributed by atoms with Gasteiger partial charge in [-0.25, -0.2) is 0 Å². The minimum Gasteiger partial charge on any atom is -0.493 e. The van der Waals surface area contributed by atoms with Gasteiger partial charge in [-0.3, -0.25) is 14.9 Å². The van der Waals surface area contributed by atoms with Crippen molar-refractivity contribution < 1.29 is 19.2 Å². The van der Waals surface area contributed by atoms with Crippen molar-refractivity contribution in [3.8, 4) is 17.6 Å². The summed E-state index contributed by atoms with van der Waals surface area (Å²) in [6.45, 7) is 0. The molecule has 0 bridgehead atoms. The number of nitro groups is 1. The average Bonchev–Trinajstić information content (AvgIpc) is 2.65. The summed E-state index contributed by atoms with van der Waals surface area (Å²) in [6.07, 6.45) is 2.58. The van der Waals surface area contributed by atoms with E-state index in [-0.39, 0.29) is 22.8 Å². The van der Waals surface area contributed by atoms with Crippen molar-refractivity contribution in [3.63, 3.8) is 0 Å². The molecule has 0 unspecified atom stereocenters. The predicted octanol–water partition coefficient (Wildman–Crippen LogP) is 3.38. The van der Waals surface area contributed by atoms with Crippen molar-refractivity contribution in [1.29, 1.82) is 5.26 Å². The van der Waals surface area contributed by atoms with Crippen LogP contribution in [0, 0.1) is 21.4 Å². The molecular weight excluding hydrogens is 324 g/mol. The van der Waals surface area contributed by atoms with Crippen LogP contribution in [0.1, 0.15) is 21.5 Å². The van der Waals surface area contributed by atoms with Gasteiger partial charge in [0, 0.05) is 5.56 Å². The van der Waals surface area contributed by atoms with Gasteiger partial charge >= 0.3 is 0 Å². The van der Waals surface area contributed by atoms with Gasteiger partial charge in [0.1, 0.15) is 0 Å². The molecule has 2 aromatic carbocycles. The summed E-state index contributed by atoms with van der Waals surface area (Å²) < 4.78 is 10.2. The molecule has 7 nitrogen and oxygen atoms in total. The van der Waals surface area contributed by atoms with E-state index in [1.165, 1.54) is 62.8 Å². The van der Waals surface area contributed by atoms with Crippen LogP contribution in [-0.2, 0) is 0 Å². The largest absolute Gasteiger partial charge is 0.493 e. The fourth-order valence-electron chi connectivity index (χ4n) is 2.15. The molecule has 2 rings (SSSR count). The maximum absolute atomic E-state index is 12.2. The highest BCUT2D eigenvalue weighted by Crippen LogP contribution is 2.35. The molecule has 2 aromatic rings. The number of methoxy groups -OCH3 is 2. The Morgan fingerprint density at radius 3 is 2.28 bits per heavy atom. The molecule has 126 valence electrons. The molecule has 0 aliphatic carbocycles. The summed E-state index contributed by atoms with van der Waals surface area (Å²) in [5.74, 6) is 0.205. The zero-order valence-electron chi connectivity index (χ0n) is 13.6. The molecule has 0 aromatic heterocycles. The van der Waals surface area contributed by atoms with Gasteiger partial charge in [0.15, 0.2) is 17.3 Å². The van der Waals surface area contributed by atoms with Crippen molar-refractivity contribution in [3.05, 3.63) is 69.3 Å². The molecule has 0 aliphatic rings. The molecule has 0 amide bonds. The smallest absolute Gasteiger partial charge is 0.280 e. The van der Waals surface area contributed by atoms with Crippen molar-refractivity contribution in [1.82, 2.24) is 0 Å². The summed E-state index contributed by atoms with van der Waals surface area (Å²) in [7, 11) is 2.80. The van der Waals surface area contributed by atoms with Crippen LogP contribution in [0.25, 0.3) is 6.08 Å². The summed E-state index contributed by atoms with van der Waals surface area (Å²) in [6, 6.07) is 10.7. The second-order valence-corrected chi connectivity index (χ2v) is 4.91. The Bertz CT molecular complexity index is 880. The lowest BCUT2D eigenvalue weighted by atomic mass is 10.1. The third-order valence-electron chi connectivity index (χ3n) is 3.44. The normalized spacial score (nSPS) is 10.3. The number of nitriles is 1. The van der Waals surface area contributed by atoms with Crippen molar-refractivity contribution in [2.75, 3.05) is 14.2 Å². The molecule has 0 saturated heterocycles. The second-order valence-electron chi connectivity index (χ2n) is 4.91. The van der Waals surface area contributed by atoms with Crippen LogP contribution >= 0.6 is 0 Å². The molecule has 0 heterocycles. The van der Waals surface area contributed by atoms with Crippen molar-refractivity contribution in [2.45, 2.75) is 0 Å². The van der Waals surface area contributed by atoms with Crippen molar-refractivity contribution in [2.24, 2.45) is 0 Å². The van der Waals surface area contributed by atoms with E-state index in [9.17, 15) is 14.9 Å². The molecule has 25 heavy (non-hydrogen) atoms. The number of carbonyl (C=O) groups is 1. The van der Waals surface area contributed by atoms with Gasteiger partial charge in [0.2, 0.25) is 0 Å². The van der Waals surface area contributed by atoms with Crippen LogP contribution in [0.2, 0.25) is 0 Å². The topological polar surface area (TPSA) is 102 Å². The first-order chi connectivity index (χ1) is 12.0. The van der Waals surface area contributed by atoms with Crippen LogP contribution in [0.4, 0.5) is 5.69 Å². The number of allylic oxidation sites excluding steroid dienone is 1. The van der Waals surface area contributed by atoms with Crippen LogP contribution in [0.5, 0.6) is 11.5 Å². The highest BCUT2D eigenvalue weighted by molar-refractivity contribution is 6.07. The van der Waals surface area contributed by atoms with Crippen LogP contribution in [0.15, 0.2) is 42.5 Å².